The van der Waals surface area contributed by atoms with Gasteiger partial charge in [0, 0.05) is 80.8 Å². The van der Waals surface area contributed by atoms with Gasteiger partial charge in [0.05, 0.1) is 27.9 Å². The summed E-state index contributed by atoms with van der Waals surface area (Å²) in [7, 11) is -4.43. The van der Waals surface area contributed by atoms with Crippen molar-refractivity contribution < 1.29 is 27.8 Å². The number of amides is 1. The Morgan fingerprint density at radius 3 is 2.58 bits per heavy atom. The Morgan fingerprint density at radius 2 is 1.82 bits per heavy atom. The van der Waals surface area contributed by atoms with Gasteiger partial charge in [-0.1, -0.05) is 23.7 Å². The number of nitrogens with zero attached hydrogens (tertiary/aromatic N) is 4. The number of piperazine rings is 1. The number of aromatic amines is 1. The van der Waals surface area contributed by atoms with Crippen molar-refractivity contribution in [1.29, 1.82) is 0 Å². The summed E-state index contributed by atoms with van der Waals surface area (Å²) in [5.74, 6) is 0.585. The maximum atomic E-state index is 13.9. The van der Waals surface area contributed by atoms with Gasteiger partial charge in [0.1, 0.15) is 22.8 Å². The molecule has 8 rings (SSSR count). The average Bonchev–Trinajstić information content (AvgIpc) is 3.72. The second-order valence-electron chi connectivity index (χ2n) is 16.5. The fourth-order valence-electron chi connectivity index (χ4n) is 8.71. The summed E-state index contributed by atoms with van der Waals surface area (Å²) >= 11 is 6.21. The van der Waals surface area contributed by atoms with Crippen molar-refractivity contribution >= 4 is 55.6 Å². The van der Waals surface area contributed by atoms with Gasteiger partial charge in [0.25, 0.3) is 15.9 Å². The number of nitrogens with one attached hydrogen (secondary N) is 3. The molecule has 1 unspecified atom stereocenters. The van der Waals surface area contributed by atoms with E-state index in [2.05, 4.69) is 47.1 Å². The molecule has 14 nitrogen and oxygen atoms in total. The fraction of sp³-hybridized carbons (Fsp3) is 0.409. The number of anilines is 2. The number of benzene rings is 3. The van der Waals surface area contributed by atoms with Gasteiger partial charge >= 0.3 is 0 Å². The second kappa shape index (κ2) is 17.9. The van der Waals surface area contributed by atoms with Crippen LogP contribution in [0.1, 0.15) is 60.9 Å². The molecule has 3 atom stereocenters. The topological polar surface area (TPSA) is 179 Å². The number of ether oxygens (including phenoxy) is 2. The van der Waals surface area contributed by atoms with E-state index in [4.69, 9.17) is 21.1 Å². The first-order valence-electron chi connectivity index (χ1n) is 20.5. The first-order chi connectivity index (χ1) is 28.9. The van der Waals surface area contributed by atoms with Crippen LogP contribution in [0.25, 0.3) is 11.0 Å². The minimum atomic E-state index is -4.43. The van der Waals surface area contributed by atoms with Gasteiger partial charge in [0.15, 0.2) is 0 Å². The van der Waals surface area contributed by atoms with Gasteiger partial charge in [-0.15, -0.1) is 4.91 Å². The van der Waals surface area contributed by atoms with E-state index in [-0.39, 0.29) is 27.8 Å². The molecular weight excluding hydrogens is 806 g/mol. The second-order valence-corrected chi connectivity index (χ2v) is 18.6. The number of pyridine rings is 1. The molecule has 4 heterocycles. The lowest BCUT2D eigenvalue weighted by Crippen LogP contribution is -2.49. The molecule has 1 amide bonds. The van der Waals surface area contributed by atoms with Crippen LogP contribution >= 0.6 is 11.6 Å². The van der Waals surface area contributed by atoms with Crippen molar-refractivity contribution in [1.82, 2.24) is 19.6 Å². The minimum Gasteiger partial charge on any atom is -0.455 e. The first-order valence-corrected chi connectivity index (χ1v) is 22.4. The molecule has 0 bridgehead atoms. The monoisotopic (exact) mass is 855 g/mol. The Balaban J connectivity index is 0.979. The summed E-state index contributed by atoms with van der Waals surface area (Å²) in [4.78, 5) is 37.6. The lowest BCUT2D eigenvalue weighted by atomic mass is 9.69. The molecule has 0 radical (unpaired) electrons. The largest absolute Gasteiger partial charge is 0.455 e. The number of rotatable bonds is 13. The highest BCUT2D eigenvalue weighted by Crippen LogP contribution is 2.43. The van der Waals surface area contributed by atoms with Gasteiger partial charge in [-0.05, 0) is 122 Å². The third kappa shape index (κ3) is 9.76. The van der Waals surface area contributed by atoms with Gasteiger partial charge < -0.3 is 29.8 Å². The number of nitroso groups, excluding NO2 is 1. The Labute approximate surface area is 354 Å². The van der Waals surface area contributed by atoms with Crippen LogP contribution in [0.4, 0.5) is 17.1 Å². The van der Waals surface area contributed by atoms with Crippen LogP contribution < -0.4 is 19.7 Å². The first kappa shape index (κ1) is 41.7. The molecule has 316 valence electrons. The van der Waals surface area contributed by atoms with Crippen LogP contribution in [0.3, 0.4) is 0 Å². The lowest BCUT2D eigenvalue weighted by molar-refractivity contribution is -0.00848. The molecule has 3 fully saturated rings. The zero-order chi connectivity index (χ0) is 41.9. The minimum absolute atomic E-state index is 0.0000313. The molecule has 2 aliphatic heterocycles. The molecule has 1 saturated carbocycles. The van der Waals surface area contributed by atoms with Crippen LogP contribution in [0, 0.1) is 16.7 Å². The van der Waals surface area contributed by atoms with E-state index in [1.54, 1.807) is 30.5 Å². The van der Waals surface area contributed by atoms with Crippen LogP contribution in [0.15, 0.2) is 95.3 Å². The predicted molar refractivity (Wildman–Crippen MR) is 232 cm³/mol. The number of carbonyl (C=O) groups excluding carboxylic acids is 1. The number of sulfonamides is 1. The van der Waals surface area contributed by atoms with Gasteiger partial charge in [-0.3, -0.25) is 9.69 Å². The van der Waals surface area contributed by atoms with E-state index >= 15 is 0 Å². The van der Waals surface area contributed by atoms with E-state index in [1.165, 1.54) is 23.9 Å². The van der Waals surface area contributed by atoms with Crippen LogP contribution in [0.2, 0.25) is 5.02 Å². The van der Waals surface area contributed by atoms with Gasteiger partial charge in [0.2, 0.25) is 0 Å². The number of carbonyl (C=O) groups is 1. The molecule has 60 heavy (non-hydrogen) atoms. The summed E-state index contributed by atoms with van der Waals surface area (Å²) in [6.45, 7) is 7.85. The molecule has 3 aliphatic rings. The van der Waals surface area contributed by atoms with Crippen LogP contribution in [-0.4, -0.2) is 92.4 Å². The van der Waals surface area contributed by atoms with Crippen LogP contribution in [-0.2, 0) is 14.8 Å². The number of hydrogen-bond acceptors (Lipinski definition) is 12. The summed E-state index contributed by atoms with van der Waals surface area (Å²) in [6.07, 6.45) is 7.46. The third-order valence-corrected chi connectivity index (χ3v) is 13.7. The molecule has 16 heteroatoms. The third-order valence-electron chi connectivity index (χ3n) is 12.2. The molecule has 3 aromatic carbocycles. The quantitative estimate of drug-likeness (QED) is 0.0849. The molecule has 4 N–H and O–H groups in total. The van der Waals surface area contributed by atoms with E-state index < -0.39 is 21.5 Å². The van der Waals surface area contributed by atoms with Crippen LogP contribution in [0.5, 0.6) is 11.5 Å². The average molecular weight is 856 g/mol. The van der Waals surface area contributed by atoms with Crippen molar-refractivity contribution in [2.24, 2.45) is 17.0 Å². The molecule has 0 spiro atoms. The van der Waals surface area contributed by atoms with Crippen molar-refractivity contribution in [3.05, 3.63) is 106 Å². The highest BCUT2D eigenvalue weighted by molar-refractivity contribution is 7.90. The Hall–Kier alpha value is -5.06. The fourth-order valence-corrected chi connectivity index (χ4v) is 9.82. The summed E-state index contributed by atoms with van der Waals surface area (Å²) in [5.41, 5.74) is 2.32. The molecule has 5 aromatic rings. The Morgan fingerprint density at radius 1 is 1.03 bits per heavy atom. The van der Waals surface area contributed by atoms with Crippen molar-refractivity contribution in [3.8, 4) is 11.5 Å². The maximum Gasteiger partial charge on any atom is 0.268 e. The van der Waals surface area contributed by atoms with Gasteiger partial charge in [-0.2, -0.15) is 0 Å². The van der Waals surface area contributed by atoms with E-state index in [9.17, 15) is 23.2 Å². The maximum absolute atomic E-state index is 13.9. The molecule has 1 aliphatic carbocycles. The summed E-state index contributed by atoms with van der Waals surface area (Å²) in [5, 5.41) is 18.8. The number of fused-ring (bicyclic) bond motifs is 1. The smallest absolute Gasteiger partial charge is 0.268 e. The highest BCUT2D eigenvalue weighted by atomic mass is 35.5. The van der Waals surface area contributed by atoms with Crippen molar-refractivity contribution in [3.63, 3.8) is 0 Å². The molecular formula is C44H50ClN7O7S. The van der Waals surface area contributed by atoms with E-state index in [0.717, 1.165) is 75.5 Å². The van der Waals surface area contributed by atoms with Crippen molar-refractivity contribution in [2.45, 2.75) is 55.4 Å². The predicted octanol–water partition coefficient (Wildman–Crippen LogP) is 7.82. The number of H-pyrrole nitrogens is 1. The zero-order valence-corrected chi connectivity index (χ0v) is 35.1. The van der Waals surface area contributed by atoms with E-state index in [0.29, 0.717) is 60.1 Å². The summed E-state index contributed by atoms with van der Waals surface area (Å²) in [6, 6.07) is 20.7. The molecule has 2 saturated heterocycles. The Kier molecular flexibility index (Phi) is 12.4. The Bertz CT molecular complexity index is 2430. The zero-order valence-electron chi connectivity index (χ0n) is 33.5. The number of halogens is 1. The SMILES string of the molecule is CC1(O)CC[C@H](CN2CCN(c3ccc(C(=O)NS(=O)(=O)c4ccc(NCC5CCOCC5)c(N=O)c4)c(Oc4cnc5[nH]ccc5c4)c3)CC2)[C@@H](c2ccc(Cl)cc2)C1. The lowest BCUT2D eigenvalue weighted by Gasteiger charge is -2.44. The number of aromatic nitrogens is 2. The van der Waals surface area contributed by atoms with Gasteiger partial charge in [-0.25, -0.2) is 18.1 Å². The van der Waals surface area contributed by atoms with Crippen molar-refractivity contribution in [2.75, 3.05) is 62.7 Å². The number of aliphatic hydroxyl groups is 1. The van der Waals surface area contributed by atoms with E-state index in [1.807, 2.05) is 25.1 Å². The number of hydrogen-bond donors (Lipinski definition) is 4. The standard InChI is InChI=1S/C44H50ClN7O7S/c1-44(54)14-10-32(38(25-44)30-2-4-33(45)5-3-30)28-51-16-18-52(19-17-51)34-6-8-37(41(23-34)59-35-22-31-11-15-46-42(31)48-27-35)43(53)50-60(56,57)36-7-9-39(40(24-36)49-55)47-26-29-12-20-58-21-13-29/h2-9,11,15,22-24,27,29,32,38,47,54H,10,12-14,16-21,25-26,28H2,1H3,(H,46,48)(H,50,53)/t32-,38-,44?/m1/s1. The normalized spacial score (nSPS) is 21.8. The highest BCUT2D eigenvalue weighted by Gasteiger charge is 2.38. The summed E-state index contributed by atoms with van der Waals surface area (Å²) < 4.78 is 41.2. The molecule has 2 aromatic heterocycles.